The second kappa shape index (κ2) is 4.40. The van der Waals surface area contributed by atoms with Gasteiger partial charge in [-0.3, -0.25) is 0 Å². The zero-order valence-electron chi connectivity index (χ0n) is 8.50. The van der Waals surface area contributed by atoms with Crippen LogP contribution in [-0.2, 0) is 4.74 Å². The van der Waals surface area contributed by atoms with E-state index in [-0.39, 0.29) is 6.04 Å². The summed E-state index contributed by atoms with van der Waals surface area (Å²) >= 11 is 0. The van der Waals surface area contributed by atoms with E-state index >= 15 is 0 Å². The van der Waals surface area contributed by atoms with E-state index in [1.807, 2.05) is 0 Å². The molecule has 0 radical (unpaired) electrons. The molecule has 1 atom stereocenters. The smallest absolute Gasteiger partial charge is 0.0655 e. The number of methoxy groups -OCH3 is 1. The Morgan fingerprint density at radius 2 is 2.08 bits per heavy atom. The van der Waals surface area contributed by atoms with Crippen LogP contribution >= 0.6 is 0 Å². The summed E-state index contributed by atoms with van der Waals surface area (Å²) in [6.07, 6.45) is 0. The summed E-state index contributed by atoms with van der Waals surface area (Å²) in [6, 6.07) is 6.31. The van der Waals surface area contributed by atoms with Crippen LogP contribution in [0.4, 0.5) is 0 Å². The molecule has 0 amide bonds. The monoisotopic (exact) mass is 179 g/mol. The number of hydrogen-bond acceptors (Lipinski definition) is 2. The van der Waals surface area contributed by atoms with Gasteiger partial charge in [0.2, 0.25) is 0 Å². The third-order valence-corrected chi connectivity index (χ3v) is 2.18. The highest BCUT2D eigenvalue weighted by atomic mass is 16.5. The van der Waals surface area contributed by atoms with Crippen molar-refractivity contribution in [1.82, 2.24) is 0 Å². The van der Waals surface area contributed by atoms with E-state index in [0.29, 0.717) is 6.61 Å². The third kappa shape index (κ3) is 2.54. The Labute approximate surface area is 79.7 Å². The van der Waals surface area contributed by atoms with E-state index in [2.05, 4.69) is 32.0 Å². The maximum absolute atomic E-state index is 5.95. The molecule has 0 saturated carbocycles. The highest BCUT2D eigenvalue weighted by molar-refractivity contribution is 5.32. The molecular formula is C11H17NO. The number of benzene rings is 1. The van der Waals surface area contributed by atoms with Crippen LogP contribution in [0.15, 0.2) is 18.2 Å². The van der Waals surface area contributed by atoms with Crippen LogP contribution in [0.1, 0.15) is 22.7 Å². The summed E-state index contributed by atoms with van der Waals surface area (Å²) < 4.78 is 5.03. The summed E-state index contributed by atoms with van der Waals surface area (Å²) in [6.45, 7) is 4.72. The highest BCUT2D eigenvalue weighted by Crippen LogP contribution is 2.17. The van der Waals surface area contributed by atoms with Gasteiger partial charge in [-0.05, 0) is 25.0 Å². The second-order valence-corrected chi connectivity index (χ2v) is 3.42. The molecule has 72 valence electrons. The van der Waals surface area contributed by atoms with Crippen molar-refractivity contribution in [1.29, 1.82) is 0 Å². The lowest BCUT2D eigenvalue weighted by Gasteiger charge is -2.14. The molecule has 1 rings (SSSR count). The van der Waals surface area contributed by atoms with Crippen LogP contribution in [0, 0.1) is 13.8 Å². The molecule has 2 nitrogen and oxygen atoms in total. The van der Waals surface area contributed by atoms with Crippen LogP contribution in [-0.4, -0.2) is 13.7 Å². The zero-order valence-corrected chi connectivity index (χ0v) is 8.50. The topological polar surface area (TPSA) is 35.2 Å². The van der Waals surface area contributed by atoms with Crippen molar-refractivity contribution in [3.8, 4) is 0 Å². The van der Waals surface area contributed by atoms with Crippen molar-refractivity contribution in [3.05, 3.63) is 34.9 Å². The standard InChI is InChI=1S/C11H17NO/c1-8-4-5-9(2)10(6-8)11(12)7-13-3/h4-6,11H,7,12H2,1-3H3. The number of nitrogens with two attached hydrogens (primary N) is 1. The fourth-order valence-electron chi connectivity index (χ4n) is 1.43. The summed E-state index contributed by atoms with van der Waals surface area (Å²) in [5.74, 6) is 0. The maximum Gasteiger partial charge on any atom is 0.0655 e. The van der Waals surface area contributed by atoms with Crippen molar-refractivity contribution in [2.45, 2.75) is 19.9 Å². The lowest BCUT2D eigenvalue weighted by atomic mass is 10.00. The van der Waals surface area contributed by atoms with Gasteiger partial charge >= 0.3 is 0 Å². The third-order valence-electron chi connectivity index (χ3n) is 2.18. The molecule has 0 saturated heterocycles. The zero-order chi connectivity index (χ0) is 9.84. The number of hydrogen-bond donors (Lipinski definition) is 1. The lowest BCUT2D eigenvalue weighted by molar-refractivity contribution is 0.180. The Kier molecular flexibility index (Phi) is 3.46. The largest absolute Gasteiger partial charge is 0.383 e. The van der Waals surface area contributed by atoms with Gasteiger partial charge in [0.1, 0.15) is 0 Å². The van der Waals surface area contributed by atoms with E-state index in [0.717, 1.165) is 0 Å². The molecule has 0 fully saturated rings. The molecule has 0 heterocycles. The Morgan fingerprint density at radius 1 is 1.38 bits per heavy atom. The number of aryl methyl sites for hydroxylation is 2. The Morgan fingerprint density at radius 3 is 2.69 bits per heavy atom. The summed E-state index contributed by atoms with van der Waals surface area (Å²) in [4.78, 5) is 0. The highest BCUT2D eigenvalue weighted by Gasteiger charge is 2.07. The molecule has 0 aromatic heterocycles. The van der Waals surface area contributed by atoms with Crippen LogP contribution in [0.2, 0.25) is 0 Å². The molecule has 2 N–H and O–H groups in total. The summed E-state index contributed by atoms with van der Waals surface area (Å²) in [7, 11) is 1.67. The Bertz CT molecular complexity index is 283. The molecule has 13 heavy (non-hydrogen) atoms. The fraction of sp³-hybridized carbons (Fsp3) is 0.455. The molecule has 2 heteroatoms. The summed E-state index contributed by atoms with van der Waals surface area (Å²) in [5, 5.41) is 0. The van der Waals surface area contributed by atoms with Crippen molar-refractivity contribution >= 4 is 0 Å². The van der Waals surface area contributed by atoms with E-state index in [1.165, 1.54) is 16.7 Å². The van der Waals surface area contributed by atoms with E-state index in [9.17, 15) is 0 Å². The molecular weight excluding hydrogens is 162 g/mol. The first-order valence-electron chi connectivity index (χ1n) is 4.47. The molecule has 1 aromatic carbocycles. The van der Waals surface area contributed by atoms with Gasteiger partial charge in [-0.15, -0.1) is 0 Å². The first-order valence-corrected chi connectivity index (χ1v) is 4.47. The minimum Gasteiger partial charge on any atom is -0.383 e. The number of rotatable bonds is 3. The molecule has 0 aliphatic carbocycles. The normalized spacial score (nSPS) is 12.9. The van der Waals surface area contributed by atoms with Gasteiger partial charge in [-0.2, -0.15) is 0 Å². The van der Waals surface area contributed by atoms with Gasteiger partial charge in [0.05, 0.1) is 12.6 Å². The van der Waals surface area contributed by atoms with Crippen LogP contribution in [0.25, 0.3) is 0 Å². The van der Waals surface area contributed by atoms with Gasteiger partial charge in [-0.25, -0.2) is 0 Å². The van der Waals surface area contributed by atoms with Crippen LogP contribution < -0.4 is 5.73 Å². The second-order valence-electron chi connectivity index (χ2n) is 3.42. The summed E-state index contributed by atoms with van der Waals surface area (Å²) in [5.41, 5.74) is 9.61. The van der Waals surface area contributed by atoms with E-state index in [1.54, 1.807) is 7.11 Å². The minimum absolute atomic E-state index is 0.00935. The van der Waals surface area contributed by atoms with E-state index < -0.39 is 0 Å². The maximum atomic E-state index is 5.95. The Hall–Kier alpha value is -0.860. The lowest BCUT2D eigenvalue weighted by Crippen LogP contribution is -2.17. The van der Waals surface area contributed by atoms with Crippen molar-refractivity contribution in [2.75, 3.05) is 13.7 Å². The van der Waals surface area contributed by atoms with Crippen LogP contribution in [0.3, 0.4) is 0 Å². The fourth-order valence-corrected chi connectivity index (χ4v) is 1.43. The molecule has 0 aliphatic rings. The quantitative estimate of drug-likeness (QED) is 0.769. The minimum atomic E-state index is -0.00935. The molecule has 1 unspecified atom stereocenters. The molecule has 0 bridgehead atoms. The average Bonchev–Trinajstić information content (AvgIpc) is 2.09. The van der Waals surface area contributed by atoms with Crippen molar-refractivity contribution in [3.63, 3.8) is 0 Å². The number of ether oxygens (including phenoxy) is 1. The molecule has 0 spiro atoms. The van der Waals surface area contributed by atoms with Crippen molar-refractivity contribution in [2.24, 2.45) is 5.73 Å². The molecule has 0 aliphatic heterocycles. The SMILES string of the molecule is COCC(N)c1cc(C)ccc1C. The predicted octanol–water partition coefficient (Wildman–Crippen LogP) is 1.95. The van der Waals surface area contributed by atoms with Crippen molar-refractivity contribution < 1.29 is 4.74 Å². The average molecular weight is 179 g/mol. The first kappa shape index (κ1) is 10.2. The van der Waals surface area contributed by atoms with Gasteiger partial charge in [0.15, 0.2) is 0 Å². The predicted molar refractivity (Wildman–Crippen MR) is 54.7 cm³/mol. The van der Waals surface area contributed by atoms with Gasteiger partial charge in [0, 0.05) is 7.11 Å². The van der Waals surface area contributed by atoms with E-state index in [4.69, 9.17) is 10.5 Å². The van der Waals surface area contributed by atoms with Gasteiger partial charge < -0.3 is 10.5 Å². The molecule has 1 aromatic rings. The van der Waals surface area contributed by atoms with Gasteiger partial charge in [-0.1, -0.05) is 23.8 Å². The van der Waals surface area contributed by atoms with Crippen LogP contribution in [0.5, 0.6) is 0 Å². The first-order chi connectivity index (χ1) is 6.15. The Balaban J connectivity index is 2.91. The van der Waals surface area contributed by atoms with Gasteiger partial charge in [0.25, 0.3) is 0 Å².